The van der Waals surface area contributed by atoms with E-state index in [9.17, 15) is 4.79 Å². The van der Waals surface area contributed by atoms with Crippen molar-refractivity contribution in [2.75, 3.05) is 55.9 Å². The van der Waals surface area contributed by atoms with Crippen molar-refractivity contribution < 1.29 is 14.1 Å². The maximum Gasteiger partial charge on any atom is 0.257 e. The molecule has 3 aromatic heterocycles. The van der Waals surface area contributed by atoms with Gasteiger partial charge in [-0.15, -0.1) is 0 Å². The zero-order chi connectivity index (χ0) is 27.8. The minimum Gasteiger partial charge on any atom is -0.494 e. The number of nitrogens with one attached hydrogen (secondary N) is 2. The number of carbonyl (C=O) groups excluding carboxylic acids is 1. The van der Waals surface area contributed by atoms with Crippen molar-refractivity contribution in [1.82, 2.24) is 24.6 Å². The Hall–Kier alpha value is -4.38. The summed E-state index contributed by atoms with van der Waals surface area (Å²) in [5.74, 6) is 2.37. The van der Waals surface area contributed by atoms with Gasteiger partial charge in [-0.25, -0.2) is 4.98 Å². The summed E-state index contributed by atoms with van der Waals surface area (Å²) in [5.41, 5.74) is 5.86. The lowest BCUT2D eigenvalue weighted by Crippen LogP contribution is -2.44. The molecule has 1 amide bonds. The van der Waals surface area contributed by atoms with E-state index in [1.807, 2.05) is 36.0 Å². The fourth-order valence-corrected chi connectivity index (χ4v) is 5.39. The smallest absolute Gasteiger partial charge is 0.257 e. The van der Waals surface area contributed by atoms with Crippen molar-refractivity contribution in [3.05, 3.63) is 64.9 Å². The van der Waals surface area contributed by atoms with E-state index in [0.29, 0.717) is 35.8 Å². The molecule has 1 aromatic carbocycles. The van der Waals surface area contributed by atoms with Crippen molar-refractivity contribution in [1.29, 1.82) is 0 Å². The lowest BCUT2D eigenvalue weighted by Gasteiger charge is -2.34. The molecule has 2 N–H and O–H groups in total. The van der Waals surface area contributed by atoms with E-state index in [0.717, 1.165) is 72.5 Å². The third kappa shape index (κ3) is 4.77. The maximum atomic E-state index is 13.3. The second kappa shape index (κ2) is 10.6. The third-order valence-electron chi connectivity index (χ3n) is 7.74. The van der Waals surface area contributed by atoms with Crippen LogP contribution in [-0.2, 0) is 19.3 Å². The van der Waals surface area contributed by atoms with E-state index in [2.05, 4.69) is 49.8 Å². The highest BCUT2D eigenvalue weighted by Gasteiger charge is 2.25. The predicted molar refractivity (Wildman–Crippen MR) is 153 cm³/mol. The number of hydrogen-bond donors (Lipinski definition) is 2. The highest BCUT2D eigenvalue weighted by Crippen LogP contribution is 2.33. The van der Waals surface area contributed by atoms with Crippen molar-refractivity contribution in [3.8, 4) is 11.6 Å². The average molecular weight is 543 g/mol. The topological polar surface area (TPSA) is 114 Å². The Morgan fingerprint density at radius 2 is 1.98 bits per heavy atom. The molecule has 0 aliphatic carbocycles. The van der Waals surface area contributed by atoms with Gasteiger partial charge in [0.15, 0.2) is 5.76 Å². The highest BCUT2D eigenvalue weighted by molar-refractivity contribution is 6.06. The van der Waals surface area contributed by atoms with Crippen molar-refractivity contribution in [2.45, 2.75) is 33.1 Å². The van der Waals surface area contributed by atoms with Crippen molar-refractivity contribution in [2.24, 2.45) is 0 Å². The Morgan fingerprint density at radius 3 is 2.75 bits per heavy atom. The van der Waals surface area contributed by atoms with Crippen LogP contribution in [0.25, 0.3) is 5.82 Å². The van der Waals surface area contributed by atoms with Crippen LogP contribution in [0, 0.1) is 6.92 Å². The summed E-state index contributed by atoms with van der Waals surface area (Å²) in [7, 11) is 3.82. The van der Waals surface area contributed by atoms with Crippen LogP contribution in [0.5, 0.6) is 5.75 Å². The van der Waals surface area contributed by atoms with Gasteiger partial charge in [0.2, 0.25) is 5.95 Å². The lowest BCUT2D eigenvalue weighted by molar-refractivity contribution is 0.102. The third-order valence-corrected chi connectivity index (χ3v) is 7.74. The molecule has 0 atom stereocenters. The van der Waals surface area contributed by atoms with Crippen LogP contribution in [0.2, 0.25) is 0 Å². The number of rotatable bonds is 7. The number of likely N-dealkylation sites (N-methyl/N-ethyl adjacent to an activating group) is 1. The molecule has 2 aliphatic heterocycles. The van der Waals surface area contributed by atoms with Gasteiger partial charge in [-0.05, 0) is 51.4 Å². The first-order chi connectivity index (χ1) is 19.4. The fourth-order valence-electron chi connectivity index (χ4n) is 5.39. The number of amides is 1. The molecular formula is C29H34N8O3. The second-order valence-electron chi connectivity index (χ2n) is 10.3. The van der Waals surface area contributed by atoms with Crippen LogP contribution >= 0.6 is 0 Å². The van der Waals surface area contributed by atoms with E-state index in [1.165, 1.54) is 0 Å². The summed E-state index contributed by atoms with van der Waals surface area (Å²) in [4.78, 5) is 27.4. The van der Waals surface area contributed by atoms with E-state index in [-0.39, 0.29) is 5.91 Å². The van der Waals surface area contributed by atoms with E-state index < -0.39 is 0 Å². The number of aromatic nitrogens is 4. The van der Waals surface area contributed by atoms with Crippen LogP contribution in [0.15, 0.2) is 41.2 Å². The van der Waals surface area contributed by atoms with Crippen molar-refractivity contribution in [3.63, 3.8) is 0 Å². The summed E-state index contributed by atoms with van der Waals surface area (Å²) < 4.78 is 13.0. The van der Waals surface area contributed by atoms with Crippen LogP contribution in [0.4, 0.5) is 23.0 Å². The molecule has 0 saturated carbocycles. The lowest BCUT2D eigenvalue weighted by atomic mass is 10.0. The molecule has 11 heteroatoms. The number of ether oxygens (including phenoxy) is 1. The maximum absolute atomic E-state index is 13.3. The van der Waals surface area contributed by atoms with E-state index >= 15 is 0 Å². The number of carbonyl (C=O) groups is 1. The number of hydrogen-bond acceptors (Lipinski definition) is 9. The molecule has 11 nitrogen and oxygen atoms in total. The highest BCUT2D eigenvalue weighted by atomic mass is 16.5. The van der Waals surface area contributed by atoms with Gasteiger partial charge >= 0.3 is 0 Å². The minimum absolute atomic E-state index is 0.184. The number of fused-ring (bicyclic) bond motifs is 3. The van der Waals surface area contributed by atoms with Gasteiger partial charge in [-0.1, -0.05) is 12.1 Å². The largest absolute Gasteiger partial charge is 0.494 e. The SMILES string of the molecule is CCc1noc(C)c1NC(=O)c1ccn2c1CCc1cnc(Nc3ccc(N4CCN(C)CC4)cc3OC)nc1-2. The average Bonchev–Trinajstić information content (AvgIpc) is 3.57. The first-order valence-electron chi connectivity index (χ1n) is 13.7. The molecule has 0 spiro atoms. The van der Waals surface area contributed by atoms with Gasteiger partial charge in [-0.3, -0.25) is 4.79 Å². The fraction of sp³-hybridized carbons (Fsp3) is 0.379. The van der Waals surface area contributed by atoms with Crippen LogP contribution < -0.4 is 20.3 Å². The second-order valence-corrected chi connectivity index (χ2v) is 10.3. The molecule has 208 valence electrons. The summed E-state index contributed by atoms with van der Waals surface area (Å²) in [6.45, 7) is 7.82. The first-order valence-corrected chi connectivity index (χ1v) is 13.7. The van der Waals surface area contributed by atoms with Gasteiger partial charge in [0.25, 0.3) is 5.91 Å². The van der Waals surface area contributed by atoms with E-state index in [4.69, 9.17) is 14.2 Å². The van der Waals surface area contributed by atoms with E-state index in [1.54, 1.807) is 14.0 Å². The summed E-state index contributed by atoms with van der Waals surface area (Å²) >= 11 is 0. The summed E-state index contributed by atoms with van der Waals surface area (Å²) in [6.07, 6.45) is 5.88. The standard InChI is InChI=1S/C29H34N8O3/c1-5-22-26(18(2)40-34-22)32-28(38)21-10-11-37-24(21)9-6-19-17-30-29(33-27(19)37)31-23-8-7-20(16-25(23)39-4)36-14-12-35(3)13-15-36/h7-8,10-11,16-17H,5-6,9,12-15H2,1-4H3,(H,32,38)(H,30,31,33). The Labute approximate surface area is 233 Å². The van der Waals surface area contributed by atoms with Crippen LogP contribution in [-0.4, -0.2) is 70.8 Å². The number of benzene rings is 1. The van der Waals surface area contributed by atoms with Gasteiger partial charge in [0.1, 0.15) is 22.9 Å². The van der Waals surface area contributed by atoms with Crippen molar-refractivity contribution >= 4 is 28.9 Å². The molecule has 5 heterocycles. The monoisotopic (exact) mass is 542 g/mol. The van der Waals surface area contributed by atoms with Gasteiger partial charge in [-0.2, -0.15) is 4.98 Å². The number of nitrogens with zero attached hydrogens (tertiary/aromatic N) is 6. The Kier molecular flexibility index (Phi) is 6.89. The molecular weight excluding hydrogens is 508 g/mol. The van der Waals surface area contributed by atoms with Gasteiger partial charge < -0.3 is 34.3 Å². The first kappa shape index (κ1) is 25.9. The molecule has 40 heavy (non-hydrogen) atoms. The minimum atomic E-state index is -0.184. The number of anilines is 4. The van der Waals surface area contributed by atoms with Gasteiger partial charge in [0, 0.05) is 61.6 Å². The number of methoxy groups -OCH3 is 1. The molecule has 0 radical (unpaired) electrons. The molecule has 0 unspecified atom stereocenters. The zero-order valence-electron chi connectivity index (χ0n) is 23.3. The Bertz CT molecular complexity index is 1550. The number of piperazine rings is 1. The van der Waals surface area contributed by atoms with Crippen LogP contribution in [0.3, 0.4) is 0 Å². The molecule has 4 aromatic rings. The van der Waals surface area contributed by atoms with Gasteiger partial charge in [0.05, 0.1) is 18.4 Å². The molecule has 6 rings (SSSR count). The molecule has 2 aliphatic rings. The quantitative estimate of drug-likeness (QED) is 0.358. The molecule has 1 fully saturated rings. The Balaban J connectivity index is 1.24. The predicted octanol–water partition coefficient (Wildman–Crippen LogP) is 3.98. The number of aryl methyl sites for hydroxylation is 3. The Morgan fingerprint density at radius 1 is 1.15 bits per heavy atom. The molecule has 1 saturated heterocycles. The summed E-state index contributed by atoms with van der Waals surface area (Å²) in [5, 5.41) is 10.4. The normalized spacial score (nSPS) is 14.9. The summed E-state index contributed by atoms with van der Waals surface area (Å²) in [6, 6.07) is 8.01. The zero-order valence-corrected chi connectivity index (χ0v) is 23.3. The molecule has 0 bridgehead atoms. The van der Waals surface area contributed by atoms with Crippen LogP contribution in [0.1, 0.15) is 40.0 Å².